The van der Waals surface area contributed by atoms with Gasteiger partial charge in [-0.1, -0.05) is 38.5 Å². The molecule has 1 saturated carbocycles. The topological polar surface area (TPSA) is 46.5 Å². The average Bonchev–Trinajstić information content (AvgIpc) is 2.24. The van der Waals surface area contributed by atoms with Crippen molar-refractivity contribution in [3.63, 3.8) is 0 Å². The van der Waals surface area contributed by atoms with Crippen LogP contribution >= 0.6 is 0 Å². The second-order valence-corrected chi connectivity index (χ2v) is 3.05. The molecule has 0 spiro atoms. The van der Waals surface area contributed by atoms with Gasteiger partial charge in [-0.2, -0.15) is 0 Å². The molecule has 14 heavy (non-hydrogen) atoms. The second-order valence-electron chi connectivity index (χ2n) is 3.05. The Morgan fingerprint density at radius 3 is 1.43 bits per heavy atom. The van der Waals surface area contributed by atoms with Gasteiger partial charge in [-0.3, -0.25) is 4.79 Å². The number of esters is 1. The molecular weight excluding hydrogens is 180 g/mol. The molecule has 0 unspecified atom stereocenters. The van der Waals surface area contributed by atoms with E-state index in [1.165, 1.54) is 45.4 Å². The predicted octanol–water partition coefficient (Wildman–Crippen LogP) is 2.52. The number of ether oxygens (including phenoxy) is 1. The Hall–Kier alpha value is -0.570. The summed E-state index contributed by atoms with van der Waals surface area (Å²) in [7, 11) is 1.00. The molecule has 0 amide bonds. The van der Waals surface area contributed by atoms with Gasteiger partial charge >= 0.3 is 5.97 Å². The quantitative estimate of drug-likeness (QED) is 0.668. The van der Waals surface area contributed by atoms with E-state index in [1.807, 2.05) is 0 Å². The highest BCUT2D eigenvalue weighted by Crippen LogP contribution is 2.15. The van der Waals surface area contributed by atoms with Crippen molar-refractivity contribution in [2.24, 2.45) is 0 Å². The van der Waals surface area contributed by atoms with Crippen molar-refractivity contribution in [2.75, 3.05) is 13.7 Å². The number of hydrogen-bond acceptors (Lipinski definition) is 3. The van der Waals surface area contributed by atoms with Gasteiger partial charge in [-0.15, -0.1) is 0 Å². The number of carbonyl (C=O) groups excluding carboxylic acids is 1. The van der Waals surface area contributed by atoms with Crippen LogP contribution in [0.4, 0.5) is 0 Å². The zero-order chi connectivity index (χ0) is 11.2. The van der Waals surface area contributed by atoms with Crippen molar-refractivity contribution >= 4 is 5.97 Å². The summed E-state index contributed by atoms with van der Waals surface area (Å²) < 4.78 is 4.40. The lowest BCUT2D eigenvalue weighted by molar-refractivity contribution is -0.140. The van der Waals surface area contributed by atoms with E-state index in [2.05, 4.69) is 4.74 Å². The summed E-state index contributed by atoms with van der Waals surface area (Å²) in [6, 6.07) is 0. The van der Waals surface area contributed by atoms with Gasteiger partial charge in [0, 0.05) is 14.0 Å². The van der Waals surface area contributed by atoms with Gasteiger partial charge in [0.05, 0.1) is 6.61 Å². The van der Waals surface area contributed by atoms with Crippen LogP contribution in [0.25, 0.3) is 0 Å². The van der Waals surface area contributed by atoms with Crippen molar-refractivity contribution in [2.45, 2.75) is 52.4 Å². The Morgan fingerprint density at radius 1 is 1.07 bits per heavy atom. The Bertz CT molecular complexity index is 97.6. The standard InChI is InChI=1S/C6H12.C4H8O2.CH4O/c1-2-4-6-5-3-1;1-3-6-4(2)5;1-2/h1-6H2;3H2,1-2H3;2H,1H3. The monoisotopic (exact) mass is 204 g/mol. The summed E-state index contributed by atoms with van der Waals surface area (Å²) >= 11 is 0. The first-order valence-electron chi connectivity index (χ1n) is 5.35. The maximum Gasteiger partial charge on any atom is 0.302 e. The third-order valence-electron chi connectivity index (χ3n) is 1.85. The summed E-state index contributed by atoms with van der Waals surface area (Å²) in [5.41, 5.74) is 0. The van der Waals surface area contributed by atoms with Crippen LogP contribution in [0.3, 0.4) is 0 Å². The molecule has 0 saturated heterocycles. The minimum Gasteiger partial charge on any atom is -0.466 e. The Labute approximate surface area is 87.5 Å². The van der Waals surface area contributed by atoms with Crippen LogP contribution in [-0.4, -0.2) is 24.8 Å². The van der Waals surface area contributed by atoms with Crippen LogP contribution in [0.2, 0.25) is 0 Å². The fraction of sp³-hybridized carbons (Fsp3) is 0.909. The van der Waals surface area contributed by atoms with Crippen LogP contribution < -0.4 is 0 Å². The second kappa shape index (κ2) is 14.9. The summed E-state index contributed by atoms with van der Waals surface area (Å²) in [6.07, 6.45) is 9.00. The molecule has 3 heteroatoms. The summed E-state index contributed by atoms with van der Waals surface area (Å²) in [5, 5.41) is 7.00. The molecule has 0 heterocycles. The van der Waals surface area contributed by atoms with Gasteiger partial charge in [-0.25, -0.2) is 0 Å². The van der Waals surface area contributed by atoms with Crippen LogP contribution in [0.15, 0.2) is 0 Å². The highest BCUT2D eigenvalue weighted by atomic mass is 16.5. The van der Waals surface area contributed by atoms with E-state index >= 15 is 0 Å². The molecule has 0 atom stereocenters. The molecule has 3 nitrogen and oxygen atoms in total. The molecule has 0 aliphatic heterocycles. The molecule has 1 N–H and O–H groups in total. The molecular formula is C11H24O3. The molecule has 1 rings (SSSR count). The zero-order valence-corrected chi connectivity index (χ0v) is 9.71. The van der Waals surface area contributed by atoms with Gasteiger partial charge in [0.2, 0.25) is 0 Å². The van der Waals surface area contributed by atoms with E-state index in [9.17, 15) is 4.79 Å². The zero-order valence-electron chi connectivity index (χ0n) is 9.71. The fourth-order valence-corrected chi connectivity index (χ4v) is 1.26. The SMILES string of the molecule is C1CCCCC1.CCOC(C)=O.CO. The third kappa shape index (κ3) is 17.5. The molecule has 86 valence electrons. The minimum atomic E-state index is -0.211. The van der Waals surface area contributed by atoms with Crippen LogP contribution in [0.5, 0.6) is 0 Å². The summed E-state index contributed by atoms with van der Waals surface area (Å²) in [4.78, 5) is 9.82. The lowest BCUT2D eigenvalue weighted by Gasteiger charge is -2.05. The third-order valence-corrected chi connectivity index (χ3v) is 1.85. The maximum atomic E-state index is 9.82. The molecule has 0 aromatic carbocycles. The number of aliphatic hydroxyl groups excluding tert-OH is 1. The van der Waals surface area contributed by atoms with Crippen molar-refractivity contribution in [3.8, 4) is 0 Å². The largest absolute Gasteiger partial charge is 0.466 e. The van der Waals surface area contributed by atoms with E-state index in [0.717, 1.165) is 7.11 Å². The molecule has 1 aliphatic rings. The lowest BCUT2D eigenvalue weighted by atomic mass is 10.0. The normalized spacial score (nSPS) is 14.0. The van der Waals surface area contributed by atoms with Gasteiger partial charge in [0.1, 0.15) is 0 Å². The molecule has 0 radical (unpaired) electrons. The van der Waals surface area contributed by atoms with E-state index in [1.54, 1.807) is 6.92 Å². The first-order valence-corrected chi connectivity index (χ1v) is 5.35. The molecule has 0 aromatic heterocycles. The molecule has 0 aromatic rings. The van der Waals surface area contributed by atoms with Crippen LogP contribution in [0, 0.1) is 0 Å². The molecule has 1 aliphatic carbocycles. The van der Waals surface area contributed by atoms with Gasteiger partial charge in [0.25, 0.3) is 0 Å². The van der Waals surface area contributed by atoms with Gasteiger partial charge in [0.15, 0.2) is 0 Å². The number of carbonyl (C=O) groups is 1. The summed E-state index contributed by atoms with van der Waals surface area (Å²) in [6.45, 7) is 3.65. The van der Waals surface area contributed by atoms with Crippen molar-refractivity contribution in [3.05, 3.63) is 0 Å². The highest BCUT2D eigenvalue weighted by Gasteiger charge is 1.95. The van der Waals surface area contributed by atoms with Crippen LogP contribution in [0.1, 0.15) is 52.4 Å². The smallest absolute Gasteiger partial charge is 0.302 e. The predicted molar refractivity (Wildman–Crippen MR) is 58.2 cm³/mol. The first-order chi connectivity index (χ1) is 6.77. The first kappa shape index (κ1) is 15.9. The minimum absolute atomic E-state index is 0.211. The van der Waals surface area contributed by atoms with E-state index in [0.29, 0.717) is 6.61 Å². The maximum absolute atomic E-state index is 9.82. The van der Waals surface area contributed by atoms with Crippen molar-refractivity contribution in [1.29, 1.82) is 0 Å². The number of hydrogen-bond donors (Lipinski definition) is 1. The average molecular weight is 204 g/mol. The van der Waals surface area contributed by atoms with E-state index in [-0.39, 0.29) is 5.97 Å². The Morgan fingerprint density at radius 2 is 1.36 bits per heavy atom. The van der Waals surface area contributed by atoms with Crippen molar-refractivity contribution < 1.29 is 14.6 Å². The Balaban J connectivity index is 0. The van der Waals surface area contributed by atoms with E-state index in [4.69, 9.17) is 5.11 Å². The Kier molecular flexibility index (Phi) is 16.9. The van der Waals surface area contributed by atoms with Crippen LogP contribution in [-0.2, 0) is 9.53 Å². The van der Waals surface area contributed by atoms with Gasteiger partial charge in [-0.05, 0) is 6.92 Å². The molecule has 1 fully saturated rings. The van der Waals surface area contributed by atoms with Crippen molar-refractivity contribution in [1.82, 2.24) is 0 Å². The van der Waals surface area contributed by atoms with Gasteiger partial charge < -0.3 is 9.84 Å². The number of aliphatic hydroxyl groups is 1. The summed E-state index contributed by atoms with van der Waals surface area (Å²) in [5.74, 6) is -0.211. The number of rotatable bonds is 1. The molecule has 0 bridgehead atoms. The lowest BCUT2D eigenvalue weighted by Crippen LogP contribution is -1.95. The highest BCUT2D eigenvalue weighted by molar-refractivity contribution is 5.65. The van der Waals surface area contributed by atoms with E-state index < -0.39 is 0 Å². The fourth-order valence-electron chi connectivity index (χ4n) is 1.26.